The number of carbonyl (C=O) groups is 1. The fourth-order valence-corrected chi connectivity index (χ4v) is 7.12. The topological polar surface area (TPSA) is 70.6 Å². The van der Waals surface area contributed by atoms with Crippen molar-refractivity contribution in [3.05, 3.63) is 72.0 Å². The van der Waals surface area contributed by atoms with Crippen LogP contribution in [-0.2, 0) is 4.79 Å². The molecule has 10 heteroatoms. The van der Waals surface area contributed by atoms with E-state index in [-0.39, 0.29) is 30.6 Å². The second-order valence-electron chi connectivity index (χ2n) is 11.9. The molecule has 43 heavy (non-hydrogen) atoms. The molecule has 3 aromatic carbocycles. The highest BCUT2D eigenvalue weighted by Crippen LogP contribution is 2.49. The minimum absolute atomic E-state index is 0.0135. The van der Waals surface area contributed by atoms with Crippen LogP contribution in [0.4, 0.5) is 14.6 Å². The van der Waals surface area contributed by atoms with Gasteiger partial charge in [0.25, 0.3) is 0 Å². The van der Waals surface area contributed by atoms with Crippen LogP contribution in [0.5, 0.6) is 6.01 Å². The summed E-state index contributed by atoms with van der Waals surface area (Å²) in [6.45, 7) is 5.41. The summed E-state index contributed by atoms with van der Waals surface area (Å²) in [5, 5.41) is 6.07. The smallest absolute Gasteiger partial charge is 0.318 e. The number of hydrogen-bond donors (Lipinski definition) is 1. The van der Waals surface area contributed by atoms with Gasteiger partial charge in [0.15, 0.2) is 0 Å². The van der Waals surface area contributed by atoms with E-state index in [2.05, 4.69) is 21.9 Å². The molecule has 1 amide bonds. The van der Waals surface area contributed by atoms with Crippen LogP contribution in [-0.4, -0.2) is 77.2 Å². The summed E-state index contributed by atoms with van der Waals surface area (Å²) in [5.41, 5.74) is 1.51. The van der Waals surface area contributed by atoms with Crippen LogP contribution in [0.25, 0.3) is 32.8 Å². The molecular weight excluding hydrogens is 572 g/mol. The number of halogens is 3. The van der Waals surface area contributed by atoms with Crippen molar-refractivity contribution in [3.63, 3.8) is 0 Å². The number of aromatic nitrogens is 2. The SMILES string of the molecule is C=CC(=O)N1C[C@H]2CC2[C@H]1CNc1nc(OC[C@@H]2C[C@@H](F)CN2C)nc2cc(-c3cccc4cccc(Cl)c34)c(F)cc12. The number of piperidine rings is 1. The minimum atomic E-state index is -0.898. The largest absolute Gasteiger partial charge is 0.462 e. The summed E-state index contributed by atoms with van der Waals surface area (Å²) >= 11 is 6.58. The number of likely N-dealkylation sites (tertiary alicyclic amines) is 2. The Bertz CT molecular complexity index is 1750. The number of anilines is 1. The van der Waals surface area contributed by atoms with Crippen molar-refractivity contribution in [3.8, 4) is 17.1 Å². The van der Waals surface area contributed by atoms with Crippen LogP contribution >= 0.6 is 11.6 Å². The first kappa shape index (κ1) is 28.0. The van der Waals surface area contributed by atoms with Crippen molar-refractivity contribution < 1.29 is 18.3 Å². The molecule has 1 aliphatic carbocycles. The Morgan fingerprint density at radius 2 is 1.98 bits per heavy atom. The van der Waals surface area contributed by atoms with Gasteiger partial charge in [-0.2, -0.15) is 9.97 Å². The third-order valence-corrected chi connectivity index (χ3v) is 9.50. The van der Waals surface area contributed by atoms with Gasteiger partial charge in [-0.25, -0.2) is 8.78 Å². The monoisotopic (exact) mass is 603 g/mol. The van der Waals surface area contributed by atoms with Crippen molar-refractivity contribution in [2.75, 3.05) is 38.6 Å². The second kappa shape index (κ2) is 11.0. The Labute approximate surface area is 253 Å². The number of carbonyl (C=O) groups excluding carboxylic acids is 1. The molecule has 1 unspecified atom stereocenters. The molecule has 1 N–H and O–H groups in total. The van der Waals surface area contributed by atoms with E-state index in [0.717, 1.165) is 23.7 Å². The maximum absolute atomic E-state index is 15.9. The molecule has 2 saturated heterocycles. The number of ether oxygens (including phenoxy) is 1. The van der Waals surface area contributed by atoms with Crippen LogP contribution in [0, 0.1) is 17.7 Å². The molecule has 3 heterocycles. The van der Waals surface area contributed by atoms with Crippen LogP contribution in [0.1, 0.15) is 12.8 Å². The lowest BCUT2D eigenvalue weighted by Crippen LogP contribution is -2.41. The number of rotatable bonds is 8. The first-order chi connectivity index (χ1) is 20.8. The molecule has 5 atom stereocenters. The van der Waals surface area contributed by atoms with Gasteiger partial charge in [-0.3, -0.25) is 9.69 Å². The summed E-state index contributed by atoms with van der Waals surface area (Å²) in [4.78, 5) is 25.6. The van der Waals surface area contributed by atoms with E-state index in [0.29, 0.717) is 64.2 Å². The van der Waals surface area contributed by atoms with Gasteiger partial charge in [0.05, 0.1) is 11.6 Å². The van der Waals surface area contributed by atoms with Crippen LogP contribution in [0.3, 0.4) is 0 Å². The molecule has 3 aliphatic rings. The number of nitrogens with one attached hydrogen (secondary N) is 1. The zero-order chi connectivity index (χ0) is 29.8. The van der Waals surface area contributed by atoms with Gasteiger partial charge in [-0.15, -0.1) is 0 Å². The lowest BCUT2D eigenvalue weighted by Gasteiger charge is -2.27. The lowest BCUT2D eigenvalue weighted by molar-refractivity contribution is -0.127. The minimum Gasteiger partial charge on any atom is -0.462 e. The number of amides is 1. The molecular formula is C33H32ClF2N5O2. The predicted molar refractivity (Wildman–Crippen MR) is 165 cm³/mol. The van der Waals surface area contributed by atoms with Gasteiger partial charge < -0.3 is 15.0 Å². The molecule has 1 aromatic heterocycles. The van der Waals surface area contributed by atoms with Gasteiger partial charge >= 0.3 is 6.01 Å². The van der Waals surface area contributed by atoms with Gasteiger partial charge in [-0.1, -0.05) is 48.5 Å². The molecule has 1 saturated carbocycles. The maximum atomic E-state index is 15.9. The molecule has 0 bridgehead atoms. The van der Waals surface area contributed by atoms with Gasteiger partial charge in [0.2, 0.25) is 5.91 Å². The van der Waals surface area contributed by atoms with Crippen molar-refractivity contribution in [1.82, 2.24) is 19.8 Å². The fraction of sp³-hybridized carbons (Fsp3) is 0.364. The number of nitrogens with zero attached hydrogens (tertiary/aromatic N) is 4. The lowest BCUT2D eigenvalue weighted by atomic mass is 9.97. The second-order valence-corrected chi connectivity index (χ2v) is 12.3. The van der Waals surface area contributed by atoms with Crippen molar-refractivity contribution in [2.45, 2.75) is 31.1 Å². The molecule has 2 aliphatic heterocycles. The molecule has 222 valence electrons. The zero-order valence-corrected chi connectivity index (χ0v) is 24.5. The average molecular weight is 604 g/mol. The summed E-state index contributed by atoms with van der Waals surface area (Å²) < 4.78 is 36.0. The average Bonchev–Trinajstić information content (AvgIpc) is 3.56. The third kappa shape index (κ3) is 5.18. The fourth-order valence-electron chi connectivity index (χ4n) is 6.84. The number of likely N-dealkylation sites (N-methyl/N-ethyl adjacent to an activating group) is 1. The van der Waals surface area contributed by atoms with Gasteiger partial charge in [0.1, 0.15) is 24.4 Å². The Morgan fingerprint density at radius 3 is 2.74 bits per heavy atom. The quantitative estimate of drug-likeness (QED) is 0.245. The van der Waals surface area contributed by atoms with E-state index in [4.69, 9.17) is 16.3 Å². The van der Waals surface area contributed by atoms with E-state index in [9.17, 15) is 9.18 Å². The Morgan fingerprint density at radius 1 is 1.16 bits per heavy atom. The Hall–Kier alpha value is -3.82. The van der Waals surface area contributed by atoms with E-state index in [1.165, 1.54) is 12.1 Å². The number of hydrogen-bond acceptors (Lipinski definition) is 6. The maximum Gasteiger partial charge on any atom is 0.318 e. The van der Waals surface area contributed by atoms with Crippen LogP contribution in [0.15, 0.2) is 61.2 Å². The molecule has 0 spiro atoms. The summed E-state index contributed by atoms with van der Waals surface area (Å²) in [7, 11) is 1.87. The number of alkyl halides is 1. The molecule has 7 rings (SSSR count). The predicted octanol–water partition coefficient (Wildman–Crippen LogP) is 6.11. The highest BCUT2D eigenvalue weighted by molar-refractivity contribution is 6.36. The first-order valence-electron chi connectivity index (χ1n) is 14.6. The molecule has 0 radical (unpaired) electrons. The molecule has 3 fully saturated rings. The standard InChI is InChI=1S/C33H32ClF2N5O2/c1-3-30(42)41-15-19-10-23(19)29(41)14-37-32-25-12-27(36)24(22-8-4-6-18-7-5-9-26(34)31(18)22)13-28(25)38-33(39-32)43-17-21-11-20(35)16-40(21)2/h3-9,12-13,19-21,23,29H,1,10-11,14-17H2,2H3,(H,37,38,39)/t19-,20-,21+,23?,29-/m1/s1. The summed E-state index contributed by atoms with van der Waals surface area (Å²) in [5.74, 6) is 0.818. The van der Waals surface area contributed by atoms with Crippen molar-refractivity contribution >= 4 is 45.0 Å². The molecule has 7 nitrogen and oxygen atoms in total. The van der Waals surface area contributed by atoms with E-state index in [1.807, 2.05) is 47.2 Å². The first-order valence-corrected chi connectivity index (χ1v) is 15.0. The van der Waals surface area contributed by atoms with E-state index < -0.39 is 12.0 Å². The highest BCUT2D eigenvalue weighted by Gasteiger charge is 2.53. The van der Waals surface area contributed by atoms with E-state index >= 15 is 4.39 Å². The Balaban J connectivity index is 1.27. The molecule has 4 aromatic rings. The number of benzene rings is 3. The Kier molecular flexibility index (Phi) is 7.18. The zero-order valence-electron chi connectivity index (χ0n) is 23.8. The van der Waals surface area contributed by atoms with E-state index in [1.54, 1.807) is 12.1 Å². The highest BCUT2D eigenvalue weighted by atomic mass is 35.5. The van der Waals surface area contributed by atoms with Gasteiger partial charge in [0, 0.05) is 47.0 Å². The normalized spacial score (nSPS) is 24.8. The van der Waals surface area contributed by atoms with Gasteiger partial charge in [-0.05, 0) is 66.9 Å². The third-order valence-electron chi connectivity index (χ3n) is 9.19. The number of fused-ring (bicyclic) bond motifs is 3. The van der Waals surface area contributed by atoms with Crippen molar-refractivity contribution in [1.29, 1.82) is 0 Å². The van der Waals surface area contributed by atoms with Crippen molar-refractivity contribution in [2.24, 2.45) is 11.8 Å². The summed E-state index contributed by atoms with van der Waals surface area (Å²) in [6, 6.07) is 14.4. The van der Waals surface area contributed by atoms with Crippen LogP contribution in [0.2, 0.25) is 5.02 Å². The summed E-state index contributed by atoms with van der Waals surface area (Å²) in [6.07, 6.45) is 1.92. The van der Waals surface area contributed by atoms with Crippen LogP contribution < -0.4 is 10.1 Å².